The lowest BCUT2D eigenvalue weighted by molar-refractivity contribution is -0.137. The minimum Gasteiger partial charge on any atom is -0.481 e. The van der Waals surface area contributed by atoms with Gasteiger partial charge < -0.3 is 20.6 Å². The summed E-state index contributed by atoms with van der Waals surface area (Å²) in [7, 11) is 3.76. The first-order valence-corrected chi connectivity index (χ1v) is 5.92. The molecule has 1 aliphatic rings. The Morgan fingerprint density at radius 1 is 1.18 bits per heavy atom. The average Bonchev–Trinajstić information content (AvgIpc) is 2.71. The van der Waals surface area contributed by atoms with Gasteiger partial charge in [-0.2, -0.15) is 0 Å². The molecule has 0 aliphatic carbocycles. The molecule has 3 N–H and O–H groups in total. The van der Waals surface area contributed by atoms with E-state index in [0.29, 0.717) is 25.9 Å². The molecule has 1 heterocycles. The minimum atomic E-state index is -0.847. The molecule has 2 atom stereocenters. The number of rotatable bonds is 6. The minimum absolute atomic E-state index is 0.0456. The number of likely N-dealkylation sites (N-methyl/N-ethyl adjacent to an activating group) is 2. The van der Waals surface area contributed by atoms with Gasteiger partial charge in [0.1, 0.15) is 0 Å². The van der Waals surface area contributed by atoms with Crippen LogP contribution in [0.5, 0.6) is 0 Å². The van der Waals surface area contributed by atoms with Crippen LogP contribution in [-0.2, 0) is 9.59 Å². The van der Waals surface area contributed by atoms with Gasteiger partial charge in [0.05, 0.1) is 0 Å². The van der Waals surface area contributed by atoms with Gasteiger partial charge in [-0.05, 0) is 20.5 Å². The van der Waals surface area contributed by atoms with E-state index in [-0.39, 0.29) is 24.4 Å². The van der Waals surface area contributed by atoms with Crippen LogP contribution in [0.25, 0.3) is 0 Å². The zero-order valence-corrected chi connectivity index (χ0v) is 10.4. The van der Waals surface area contributed by atoms with Crippen molar-refractivity contribution >= 4 is 11.9 Å². The van der Waals surface area contributed by atoms with E-state index < -0.39 is 5.97 Å². The Labute approximate surface area is 101 Å². The summed E-state index contributed by atoms with van der Waals surface area (Å²) in [6.45, 7) is 1.38. The molecule has 6 nitrogen and oxygen atoms in total. The van der Waals surface area contributed by atoms with Crippen molar-refractivity contribution in [3.63, 3.8) is 0 Å². The van der Waals surface area contributed by atoms with Gasteiger partial charge in [0.25, 0.3) is 0 Å². The summed E-state index contributed by atoms with van der Waals surface area (Å²) in [4.78, 5) is 24.0. The molecule has 0 aromatic carbocycles. The molecule has 1 fully saturated rings. The van der Waals surface area contributed by atoms with Crippen molar-refractivity contribution in [3.8, 4) is 0 Å². The maximum absolute atomic E-state index is 11.8. The van der Waals surface area contributed by atoms with Gasteiger partial charge >= 0.3 is 5.97 Å². The van der Waals surface area contributed by atoms with Gasteiger partial charge in [0.15, 0.2) is 0 Å². The molecule has 0 saturated carbocycles. The topological polar surface area (TPSA) is 81.7 Å². The zero-order chi connectivity index (χ0) is 12.8. The van der Waals surface area contributed by atoms with Crippen LogP contribution in [0.3, 0.4) is 0 Å². The summed E-state index contributed by atoms with van der Waals surface area (Å²) in [5.74, 6) is -0.801. The molecule has 0 aromatic heterocycles. The normalized spacial score (nSPS) is 24.0. The van der Waals surface area contributed by atoms with Crippen LogP contribution in [0.2, 0.25) is 0 Å². The lowest BCUT2D eigenvalue weighted by Crippen LogP contribution is -2.43. The number of carboxylic acids is 1. The van der Waals surface area contributed by atoms with Crippen LogP contribution >= 0.6 is 0 Å². The highest BCUT2D eigenvalue weighted by molar-refractivity contribution is 5.77. The predicted molar refractivity (Wildman–Crippen MR) is 63.8 cm³/mol. The number of likely N-dealkylation sites (tertiary alicyclic amines) is 1. The summed E-state index contributed by atoms with van der Waals surface area (Å²) in [6.07, 6.45) is 0.794. The Morgan fingerprint density at radius 3 is 2.12 bits per heavy atom. The Bertz CT molecular complexity index is 271. The highest BCUT2D eigenvalue weighted by atomic mass is 16.4. The Morgan fingerprint density at radius 2 is 1.71 bits per heavy atom. The maximum atomic E-state index is 11.8. The first-order valence-electron chi connectivity index (χ1n) is 5.92. The first-order chi connectivity index (χ1) is 8.08. The van der Waals surface area contributed by atoms with E-state index in [1.807, 2.05) is 14.1 Å². The number of hydrogen-bond donors (Lipinski definition) is 3. The molecule has 6 heteroatoms. The van der Waals surface area contributed by atoms with Gasteiger partial charge in [-0.1, -0.05) is 0 Å². The Kier molecular flexibility index (Phi) is 5.37. The molecule has 0 radical (unpaired) electrons. The van der Waals surface area contributed by atoms with Crippen molar-refractivity contribution in [2.24, 2.45) is 0 Å². The van der Waals surface area contributed by atoms with Crippen LogP contribution in [0.15, 0.2) is 0 Å². The molecule has 1 aliphatic heterocycles. The number of amides is 1. The second kappa shape index (κ2) is 6.56. The number of carboxylic acid groups (broad SMARTS) is 1. The number of hydrogen-bond acceptors (Lipinski definition) is 4. The van der Waals surface area contributed by atoms with E-state index in [1.165, 1.54) is 0 Å². The number of nitrogens with zero attached hydrogens (tertiary/aromatic N) is 1. The number of aliphatic carboxylic acids is 1. The van der Waals surface area contributed by atoms with Crippen molar-refractivity contribution in [3.05, 3.63) is 0 Å². The molecule has 17 heavy (non-hydrogen) atoms. The second-order valence-corrected chi connectivity index (χ2v) is 4.34. The Hall–Kier alpha value is -1.14. The molecule has 1 amide bonds. The standard InChI is InChI=1S/C11H21N3O3/c1-12-8-6-14(7-9(8)13-2)10(15)4-3-5-11(16)17/h8-9,12-13H,3-7H2,1-2H3,(H,16,17)/t8-,9-/m1/s1. The first kappa shape index (κ1) is 13.9. The molecular formula is C11H21N3O3. The van der Waals surface area contributed by atoms with E-state index in [4.69, 9.17) is 5.11 Å². The fourth-order valence-electron chi connectivity index (χ4n) is 2.14. The third-order valence-corrected chi connectivity index (χ3v) is 3.20. The third kappa shape index (κ3) is 3.98. The van der Waals surface area contributed by atoms with Crippen LogP contribution in [0.4, 0.5) is 0 Å². The van der Waals surface area contributed by atoms with Crippen molar-refractivity contribution in [1.29, 1.82) is 0 Å². The lowest BCUT2D eigenvalue weighted by Gasteiger charge is -2.15. The summed E-state index contributed by atoms with van der Waals surface area (Å²) in [5, 5.41) is 14.9. The zero-order valence-electron chi connectivity index (χ0n) is 10.4. The van der Waals surface area contributed by atoms with Gasteiger partial charge in [-0.15, -0.1) is 0 Å². The second-order valence-electron chi connectivity index (χ2n) is 4.34. The summed E-state index contributed by atoms with van der Waals surface area (Å²) in [5.41, 5.74) is 0. The quantitative estimate of drug-likeness (QED) is 0.572. The fourth-order valence-corrected chi connectivity index (χ4v) is 2.14. The van der Waals surface area contributed by atoms with E-state index >= 15 is 0 Å². The number of nitrogens with one attached hydrogen (secondary N) is 2. The predicted octanol–water partition coefficient (Wildman–Crippen LogP) is -0.740. The smallest absolute Gasteiger partial charge is 0.303 e. The van der Waals surface area contributed by atoms with Gasteiger partial charge in [-0.3, -0.25) is 9.59 Å². The maximum Gasteiger partial charge on any atom is 0.303 e. The molecule has 0 bridgehead atoms. The van der Waals surface area contributed by atoms with Gasteiger partial charge in [0, 0.05) is 38.0 Å². The Balaban J connectivity index is 2.36. The molecule has 0 unspecified atom stereocenters. The third-order valence-electron chi connectivity index (χ3n) is 3.20. The summed E-state index contributed by atoms with van der Waals surface area (Å²) >= 11 is 0. The lowest BCUT2D eigenvalue weighted by atomic mass is 10.2. The van der Waals surface area contributed by atoms with Gasteiger partial charge in [0.2, 0.25) is 5.91 Å². The van der Waals surface area contributed by atoms with Crippen LogP contribution in [-0.4, -0.2) is 61.2 Å². The van der Waals surface area contributed by atoms with Crippen molar-refractivity contribution < 1.29 is 14.7 Å². The number of carbonyl (C=O) groups is 2. The molecule has 1 rings (SSSR count). The molecule has 0 aromatic rings. The van der Waals surface area contributed by atoms with E-state index in [1.54, 1.807) is 4.90 Å². The van der Waals surface area contributed by atoms with E-state index in [2.05, 4.69) is 10.6 Å². The largest absolute Gasteiger partial charge is 0.481 e. The van der Waals surface area contributed by atoms with E-state index in [9.17, 15) is 9.59 Å². The molecule has 0 spiro atoms. The number of carbonyl (C=O) groups excluding carboxylic acids is 1. The molecule has 1 saturated heterocycles. The van der Waals surface area contributed by atoms with Crippen molar-refractivity contribution in [2.45, 2.75) is 31.3 Å². The highest BCUT2D eigenvalue weighted by Crippen LogP contribution is 2.12. The molecular weight excluding hydrogens is 222 g/mol. The fraction of sp³-hybridized carbons (Fsp3) is 0.818. The highest BCUT2D eigenvalue weighted by Gasteiger charge is 2.32. The average molecular weight is 243 g/mol. The van der Waals surface area contributed by atoms with E-state index in [0.717, 1.165) is 0 Å². The summed E-state index contributed by atoms with van der Waals surface area (Å²) < 4.78 is 0. The van der Waals surface area contributed by atoms with Crippen molar-refractivity contribution in [1.82, 2.24) is 15.5 Å². The van der Waals surface area contributed by atoms with Crippen molar-refractivity contribution in [2.75, 3.05) is 27.2 Å². The summed E-state index contributed by atoms with van der Waals surface area (Å²) in [6, 6.07) is 0.534. The molecule has 98 valence electrons. The van der Waals surface area contributed by atoms with Crippen LogP contribution in [0.1, 0.15) is 19.3 Å². The SMILES string of the molecule is CN[C@@H]1CN(C(=O)CCCC(=O)O)C[C@H]1NC. The van der Waals surface area contributed by atoms with Gasteiger partial charge in [-0.25, -0.2) is 0 Å². The van der Waals surface area contributed by atoms with Crippen LogP contribution in [0, 0.1) is 0 Å². The monoisotopic (exact) mass is 243 g/mol. The van der Waals surface area contributed by atoms with Crippen LogP contribution < -0.4 is 10.6 Å².